The molecule has 0 radical (unpaired) electrons. The van der Waals surface area contributed by atoms with Crippen molar-refractivity contribution < 1.29 is 14.3 Å². The van der Waals surface area contributed by atoms with Crippen LogP contribution in [0.5, 0.6) is 5.75 Å². The summed E-state index contributed by atoms with van der Waals surface area (Å²) in [7, 11) is 1.58. The third-order valence-electron chi connectivity index (χ3n) is 1.98. The predicted molar refractivity (Wildman–Crippen MR) is 63.8 cm³/mol. The zero-order chi connectivity index (χ0) is 12.8. The summed E-state index contributed by atoms with van der Waals surface area (Å²) in [6, 6.07) is 6.82. The van der Waals surface area contributed by atoms with Gasteiger partial charge in [-0.3, -0.25) is 9.59 Å². The molecular formula is C12H14N2O3. The Bertz CT molecular complexity index is 438. The minimum Gasteiger partial charge on any atom is -0.427 e. The highest BCUT2D eigenvalue weighted by molar-refractivity contribution is 5.82. The Morgan fingerprint density at radius 3 is 2.29 bits per heavy atom. The molecule has 0 aromatic heterocycles. The third-order valence-corrected chi connectivity index (χ3v) is 1.98. The SMILES string of the molecule is CC(=O)Oc1ccc(/C=N\N(C)C(C)=O)cc1. The quantitative estimate of drug-likeness (QED) is 0.344. The molecule has 0 aliphatic rings. The number of rotatable bonds is 3. The van der Waals surface area contributed by atoms with Crippen LogP contribution in [-0.4, -0.2) is 30.1 Å². The van der Waals surface area contributed by atoms with Gasteiger partial charge in [-0.25, -0.2) is 5.01 Å². The molecule has 1 rings (SSSR count). The first kappa shape index (κ1) is 12.9. The molecule has 0 bridgehead atoms. The van der Waals surface area contributed by atoms with E-state index < -0.39 is 0 Å². The molecule has 1 amide bonds. The second-order valence-electron chi connectivity index (χ2n) is 3.45. The topological polar surface area (TPSA) is 59.0 Å². The van der Waals surface area contributed by atoms with Crippen molar-refractivity contribution in [2.75, 3.05) is 7.05 Å². The van der Waals surface area contributed by atoms with Gasteiger partial charge in [-0.05, 0) is 29.8 Å². The highest BCUT2D eigenvalue weighted by atomic mass is 16.5. The van der Waals surface area contributed by atoms with E-state index in [1.807, 2.05) is 0 Å². The third kappa shape index (κ3) is 4.46. The molecule has 0 aliphatic carbocycles. The molecule has 0 aliphatic heterocycles. The summed E-state index contributed by atoms with van der Waals surface area (Å²) < 4.78 is 4.89. The average molecular weight is 234 g/mol. The second-order valence-corrected chi connectivity index (χ2v) is 3.45. The Hall–Kier alpha value is -2.17. The molecule has 5 heteroatoms. The summed E-state index contributed by atoms with van der Waals surface area (Å²) in [5.74, 6) is -0.0184. The van der Waals surface area contributed by atoms with E-state index in [-0.39, 0.29) is 11.9 Å². The molecule has 0 fully saturated rings. The molecule has 0 unspecified atom stereocenters. The normalized spacial score (nSPS) is 10.3. The second kappa shape index (κ2) is 5.79. The fraction of sp³-hybridized carbons (Fsp3) is 0.250. The molecule has 17 heavy (non-hydrogen) atoms. The summed E-state index contributed by atoms with van der Waals surface area (Å²) in [6.07, 6.45) is 1.55. The molecule has 90 valence electrons. The first-order valence-electron chi connectivity index (χ1n) is 5.06. The summed E-state index contributed by atoms with van der Waals surface area (Å²) in [5.41, 5.74) is 0.814. The fourth-order valence-electron chi connectivity index (χ4n) is 1.02. The molecule has 5 nitrogen and oxygen atoms in total. The molecule has 0 spiro atoms. The lowest BCUT2D eigenvalue weighted by Crippen LogP contribution is -2.17. The summed E-state index contributed by atoms with van der Waals surface area (Å²) >= 11 is 0. The van der Waals surface area contributed by atoms with Crippen LogP contribution in [0.15, 0.2) is 29.4 Å². The Labute approximate surface area is 99.7 Å². The van der Waals surface area contributed by atoms with Crippen LogP contribution < -0.4 is 4.74 Å². The largest absolute Gasteiger partial charge is 0.427 e. The molecule has 0 saturated carbocycles. The van der Waals surface area contributed by atoms with Crippen LogP contribution in [0.4, 0.5) is 0 Å². The lowest BCUT2D eigenvalue weighted by atomic mass is 10.2. The van der Waals surface area contributed by atoms with Gasteiger partial charge < -0.3 is 4.74 Å². The Balaban J connectivity index is 2.68. The molecule has 0 saturated heterocycles. The van der Waals surface area contributed by atoms with Crippen molar-refractivity contribution in [3.05, 3.63) is 29.8 Å². The monoisotopic (exact) mass is 234 g/mol. The maximum absolute atomic E-state index is 10.9. The van der Waals surface area contributed by atoms with Crippen molar-refractivity contribution >= 4 is 18.1 Å². The number of hydrazone groups is 1. The molecular weight excluding hydrogens is 220 g/mol. The van der Waals surface area contributed by atoms with Gasteiger partial charge in [0.25, 0.3) is 0 Å². The number of benzene rings is 1. The standard InChI is InChI=1S/C12H14N2O3/c1-9(15)14(3)13-8-11-4-6-12(7-5-11)17-10(2)16/h4-8H,1-3H3/b13-8-. The number of amides is 1. The lowest BCUT2D eigenvalue weighted by molar-refractivity contribution is -0.132. The van der Waals surface area contributed by atoms with Gasteiger partial charge >= 0.3 is 5.97 Å². The minimum atomic E-state index is -0.359. The minimum absolute atomic E-state index is 0.141. The number of hydrogen-bond acceptors (Lipinski definition) is 4. The zero-order valence-electron chi connectivity index (χ0n) is 10.0. The van der Waals surface area contributed by atoms with Gasteiger partial charge in [0, 0.05) is 20.9 Å². The van der Waals surface area contributed by atoms with Crippen LogP contribution in [0.25, 0.3) is 0 Å². The Kier molecular flexibility index (Phi) is 4.39. The van der Waals surface area contributed by atoms with Crippen molar-refractivity contribution in [1.29, 1.82) is 0 Å². The van der Waals surface area contributed by atoms with Crippen LogP contribution in [0.1, 0.15) is 19.4 Å². The fourth-order valence-corrected chi connectivity index (χ4v) is 1.02. The summed E-state index contributed by atoms with van der Waals surface area (Å²) in [4.78, 5) is 21.6. The van der Waals surface area contributed by atoms with E-state index in [2.05, 4.69) is 5.10 Å². The predicted octanol–water partition coefficient (Wildman–Crippen LogP) is 1.42. The Morgan fingerprint density at radius 1 is 1.24 bits per heavy atom. The van der Waals surface area contributed by atoms with Crippen LogP contribution in [0, 0.1) is 0 Å². The van der Waals surface area contributed by atoms with Gasteiger partial charge in [-0.2, -0.15) is 5.10 Å². The van der Waals surface area contributed by atoms with E-state index in [0.29, 0.717) is 5.75 Å². The van der Waals surface area contributed by atoms with Crippen LogP contribution >= 0.6 is 0 Å². The number of esters is 1. The van der Waals surface area contributed by atoms with E-state index in [4.69, 9.17) is 4.74 Å². The highest BCUT2D eigenvalue weighted by Gasteiger charge is 1.99. The summed E-state index contributed by atoms with van der Waals surface area (Å²) in [5, 5.41) is 5.17. The number of carbonyl (C=O) groups excluding carboxylic acids is 2. The number of hydrogen-bond donors (Lipinski definition) is 0. The Morgan fingerprint density at radius 2 is 1.82 bits per heavy atom. The van der Waals surface area contributed by atoms with Crippen molar-refractivity contribution in [2.24, 2.45) is 5.10 Å². The van der Waals surface area contributed by atoms with E-state index in [1.54, 1.807) is 37.5 Å². The highest BCUT2D eigenvalue weighted by Crippen LogP contribution is 2.11. The van der Waals surface area contributed by atoms with Gasteiger partial charge in [0.2, 0.25) is 5.91 Å². The molecule has 0 atom stereocenters. The van der Waals surface area contributed by atoms with Gasteiger partial charge in [-0.15, -0.1) is 0 Å². The van der Waals surface area contributed by atoms with Crippen molar-refractivity contribution in [3.63, 3.8) is 0 Å². The number of nitrogens with zero attached hydrogens (tertiary/aromatic N) is 2. The first-order valence-corrected chi connectivity index (χ1v) is 5.06. The summed E-state index contributed by atoms with van der Waals surface area (Å²) in [6.45, 7) is 2.78. The van der Waals surface area contributed by atoms with Gasteiger partial charge in [0.1, 0.15) is 5.75 Å². The molecule has 1 aromatic rings. The molecule has 0 N–H and O–H groups in total. The molecule has 0 heterocycles. The maximum atomic E-state index is 10.9. The van der Waals surface area contributed by atoms with E-state index in [0.717, 1.165) is 5.56 Å². The van der Waals surface area contributed by atoms with Crippen molar-refractivity contribution in [2.45, 2.75) is 13.8 Å². The van der Waals surface area contributed by atoms with E-state index >= 15 is 0 Å². The van der Waals surface area contributed by atoms with Gasteiger partial charge in [0.15, 0.2) is 0 Å². The van der Waals surface area contributed by atoms with Gasteiger partial charge in [-0.1, -0.05) is 0 Å². The molecule has 1 aromatic carbocycles. The van der Waals surface area contributed by atoms with Crippen molar-refractivity contribution in [1.82, 2.24) is 5.01 Å². The van der Waals surface area contributed by atoms with Crippen LogP contribution in [0.2, 0.25) is 0 Å². The van der Waals surface area contributed by atoms with Crippen molar-refractivity contribution in [3.8, 4) is 5.75 Å². The smallest absolute Gasteiger partial charge is 0.308 e. The van der Waals surface area contributed by atoms with Crippen LogP contribution in [-0.2, 0) is 9.59 Å². The van der Waals surface area contributed by atoms with Crippen LogP contribution in [0.3, 0.4) is 0 Å². The first-order chi connectivity index (χ1) is 7.99. The number of ether oxygens (including phenoxy) is 1. The lowest BCUT2D eigenvalue weighted by Gasteiger charge is -2.06. The maximum Gasteiger partial charge on any atom is 0.308 e. The zero-order valence-corrected chi connectivity index (χ0v) is 10.0. The van der Waals surface area contributed by atoms with Gasteiger partial charge in [0.05, 0.1) is 6.21 Å². The van der Waals surface area contributed by atoms with E-state index in [1.165, 1.54) is 18.9 Å². The van der Waals surface area contributed by atoms with E-state index in [9.17, 15) is 9.59 Å². The number of carbonyl (C=O) groups is 2. The average Bonchev–Trinajstić information content (AvgIpc) is 2.26.